The van der Waals surface area contributed by atoms with Gasteiger partial charge in [-0.3, -0.25) is 4.79 Å². The van der Waals surface area contributed by atoms with Crippen molar-refractivity contribution in [2.24, 2.45) is 5.73 Å². The molecule has 1 aromatic rings. The first-order chi connectivity index (χ1) is 8.72. The Morgan fingerprint density at radius 2 is 2.22 bits per heavy atom. The molecule has 0 bridgehead atoms. The summed E-state index contributed by atoms with van der Waals surface area (Å²) >= 11 is 0. The number of primary amides is 1. The Bertz CT molecular complexity index is 407. The van der Waals surface area contributed by atoms with Crippen LogP contribution in [0, 0.1) is 0 Å². The fourth-order valence-corrected chi connectivity index (χ4v) is 2.28. The summed E-state index contributed by atoms with van der Waals surface area (Å²) in [6.07, 6.45) is 4.32. The molecule has 0 saturated carbocycles. The second kappa shape index (κ2) is 5.77. The smallest absolute Gasteiger partial charge is 0.269 e. The normalized spacial score (nSPS) is 20.5. The first-order valence-corrected chi connectivity index (χ1v) is 6.23. The number of aliphatic hydroxyl groups excluding tert-OH is 1. The Hall–Kier alpha value is -1.69. The van der Waals surface area contributed by atoms with Crippen molar-refractivity contribution < 1.29 is 9.90 Å². The van der Waals surface area contributed by atoms with Gasteiger partial charge in [-0.15, -0.1) is 10.2 Å². The minimum absolute atomic E-state index is 0.0845. The average Bonchev–Trinajstić information content (AvgIpc) is 2.63. The monoisotopic (exact) mass is 250 g/mol. The number of nitrogens with zero attached hydrogens (tertiary/aromatic N) is 3. The second-order valence-electron chi connectivity index (χ2n) is 4.52. The molecule has 0 aliphatic carbocycles. The Balaban J connectivity index is 2.19. The number of hydrogen-bond donors (Lipinski definition) is 2. The molecule has 2 rings (SSSR count). The van der Waals surface area contributed by atoms with E-state index in [1.165, 1.54) is 6.42 Å². The summed E-state index contributed by atoms with van der Waals surface area (Å²) < 4.78 is 0. The third kappa shape index (κ3) is 2.76. The standard InChI is InChI=1S/C12H18N4O2/c13-12(18)10-5-6-11(15-14-10)16-7-3-1-2-4-9(16)8-17/h5-6,9,17H,1-4,7-8H2,(H2,13,18). The summed E-state index contributed by atoms with van der Waals surface area (Å²) in [4.78, 5) is 13.0. The van der Waals surface area contributed by atoms with Gasteiger partial charge in [0.25, 0.3) is 5.91 Å². The Kier molecular flexibility index (Phi) is 4.09. The fourth-order valence-electron chi connectivity index (χ4n) is 2.28. The predicted molar refractivity (Wildman–Crippen MR) is 67.2 cm³/mol. The van der Waals surface area contributed by atoms with Crippen LogP contribution >= 0.6 is 0 Å². The molecule has 0 spiro atoms. The molecular weight excluding hydrogens is 232 g/mol. The van der Waals surface area contributed by atoms with Gasteiger partial charge in [-0.2, -0.15) is 0 Å². The van der Waals surface area contributed by atoms with Crippen LogP contribution in [-0.2, 0) is 0 Å². The van der Waals surface area contributed by atoms with Crippen molar-refractivity contribution in [1.82, 2.24) is 10.2 Å². The molecule has 1 aromatic heterocycles. The van der Waals surface area contributed by atoms with E-state index in [4.69, 9.17) is 5.73 Å². The highest BCUT2D eigenvalue weighted by molar-refractivity contribution is 5.90. The summed E-state index contributed by atoms with van der Waals surface area (Å²) in [5.41, 5.74) is 5.29. The third-order valence-electron chi connectivity index (χ3n) is 3.29. The van der Waals surface area contributed by atoms with Gasteiger partial charge in [-0.1, -0.05) is 12.8 Å². The molecule has 1 fully saturated rings. The molecular formula is C12H18N4O2. The van der Waals surface area contributed by atoms with Gasteiger partial charge in [0.2, 0.25) is 0 Å². The quantitative estimate of drug-likeness (QED) is 0.805. The molecule has 3 N–H and O–H groups in total. The lowest BCUT2D eigenvalue weighted by atomic mass is 10.1. The number of anilines is 1. The topological polar surface area (TPSA) is 92.3 Å². The van der Waals surface area contributed by atoms with Crippen molar-refractivity contribution in [3.05, 3.63) is 17.8 Å². The first kappa shape index (κ1) is 12.8. The molecule has 0 aromatic carbocycles. The van der Waals surface area contributed by atoms with Crippen LogP contribution in [-0.4, -0.2) is 40.4 Å². The van der Waals surface area contributed by atoms with E-state index in [0.29, 0.717) is 5.82 Å². The number of aromatic nitrogens is 2. The lowest BCUT2D eigenvalue weighted by molar-refractivity contribution is 0.0994. The van der Waals surface area contributed by atoms with Crippen LogP contribution in [0.5, 0.6) is 0 Å². The van der Waals surface area contributed by atoms with E-state index >= 15 is 0 Å². The van der Waals surface area contributed by atoms with Gasteiger partial charge in [0.05, 0.1) is 12.6 Å². The lowest BCUT2D eigenvalue weighted by Crippen LogP contribution is -2.38. The van der Waals surface area contributed by atoms with E-state index in [9.17, 15) is 9.90 Å². The van der Waals surface area contributed by atoms with E-state index in [-0.39, 0.29) is 18.3 Å². The van der Waals surface area contributed by atoms with Crippen LogP contribution in [0.1, 0.15) is 36.2 Å². The van der Waals surface area contributed by atoms with Gasteiger partial charge in [-0.25, -0.2) is 0 Å². The van der Waals surface area contributed by atoms with Crippen molar-refractivity contribution >= 4 is 11.7 Å². The molecule has 1 amide bonds. The number of nitrogens with two attached hydrogens (primary N) is 1. The largest absolute Gasteiger partial charge is 0.394 e. The molecule has 98 valence electrons. The maximum Gasteiger partial charge on any atom is 0.269 e. The number of carbonyl (C=O) groups excluding carboxylic acids is 1. The lowest BCUT2D eigenvalue weighted by Gasteiger charge is -2.29. The Labute approximate surface area is 106 Å². The van der Waals surface area contributed by atoms with E-state index in [0.717, 1.165) is 25.8 Å². The zero-order valence-electron chi connectivity index (χ0n) is 10.2. The number of carbonyl (C=O) groups is 1. The first-order valence-electron chi connectivity index (χ1n) is 6.23. The van der Waals surface area contributed by atoms with Gasteiger partial charge in [0.15, 0.2) is 11.5 Å². The van der Waals surface area contributed by atoms with Crippen LogP contribution in [0.25, 0.3) is 0 Å². The second-order valence-corrected chi connectivity index (χ2v) is 4.52. The molecule has 1 atom stereocenters. The third-order valence-corrected chi connectivity index (χ3v) is 3.29. The number of amides is 1. The zero-order chi connectivity index (χ0) is 13.0. The summed E-state index contributed by atoms with van der Waals surface area (Å²) in [6, 6.07) is 3.40. The van der Waals surface area contributed by atoms with Crippen molar-refractivity contribution in [2.75, 3.05) is 18.1 Å². The van der Waals surface area contributed by atoms with Gasteiger partial charge >= 0.3 is 0 Å². The number of hydrogen-bond acceptors (Lipinski definition) is 5. The summed E-state index contributed by atoms with van der Waals surface area (Å²) in [5, 5.41) is 17.3. The molecule has 1 aliphatic rings. The van der Waals surface area contributed by atoms with Crippen molar-refractivity contribution in [3.63, 3.8) is 0 Å². The Morgan fingerprint density at radius 3 is 2.83 bits per heavy atom. The maximum absolute atomic E-state index is 10.9. The van der Waals surface area contributed by atoms with Crippen molar-refractivity contribution in [3.8, 4) is 0 Å². The molecule has 2 heterocycles. The molecule has 1 saturated heterocycles. The van der Waals surface area contributed by atoms with Gasteiger partial charge < -0.3 is 15.7 Å². The molecule has 0 radical (unpaired) electrons. The van der Waals surface area contributed by atoms with Crippen molar-refractivity contribution in [1.29, 1.82) is 0 Å². The predicted octanol–water partition coefficient (Wildman–Crippen LogP) is 0.317. The number of rotatable bonds is 3. The molecule has 6 heteroatoms. The summed E-state index contributed by atoms with van der Waals surface area (Å²) in [6.45, 7) is 0.967. The van der Waals surface area contributed by atoms with Crippen LogP contribution in [0.15, 0.2) is 12.1 Å². The minimum Gasteiger partial charge on any atom is -0.394 e. The zero-order valence-corrected chi connectivity index (χ0v) is 10.2. The fraction of sp³-hybridized carbons (Fsp3) is 0.583. The van der Waals surface area contributed by atoms with E-state index in [2.05, 4.69) is 15.1 Å². The van der Waals surface area contributed by atoms with Crippen LogP contribution in [0.4, 0.5) is 5.82 Å². The highest BCUT2D eigenvalue weighted by Crippen LogP contribution is 2.21. The minimum atomic E-state index is -0.580. The molecule has 1 unspecified atom stereocenters. The Morgan fingerprint density at radius 1 is 1.39 bits per heavy atom. The molecule has 18 heavy (non-hydrogen) atoms. The van der Waals surface area contributed by atoms with E-state index in [1.807, 2.05) is 0 Å². The van der Waals surface area contributed by atoms with Gasteiger partial charge in [0, 0.05) is 6.54 Å². The SMILES string of the molecule is NC(=O)c1ccc(N2CCCCCC2CO)nn1. The van der Waals surface area contributed by atoms with Crippen LogP contribution < -0.4 is 10.6 Å². The summed E-state index contributed by atoms with van der Waals surface area (Å²) in [7, 11) is 0. The highest BCUT2D eigenvalue weighted by Gasteiger charge is 2.21. The molecule has 1 aliphatic heterocycles. The average molecular weight is 250 g/mol. The van der Waals surface area contributed by atoms with E-state index < -0.39 is 5.91 Å². The number of aliphatic hydroxyl groups is 1. The maximum atomic E-state index is 10.9. The van der Waals surface area contributed by atoms with Crippen LogP contribution in [0.3, 0.4) is 0 Å². The van der Waals surface area contributed by atoms with Gasteiger partial charge in [-0.05, 0) is 25.0 Å². The summed E-state index contributed by atoms with van der Waals surface area (Å²) in [5.74, 6) is 0.115. The highest BCUT2D eigenvalue weighted by atomic mass is 16.3. The molecule has 6 nitrogen and oxygen atoms in total. The van der Waals surface area contributed by atoms with Crippen LogP contribution in [0.2, 0.25) is 0 Å². The van der Waals surface area contributed by atoms with E-state index in [1.54, 1.807) is 12.1 Å². The van der Waals surface area contributed by atoms with Crippen molar-refractivity contribution in [2.45, 2.75) is 31.7 Å². The van der Waals surface area contributed by atoms with Gasteiger partial charge in [0.1, 0.15) is 0 Å².